The standard InChI is InChI=1S/C7H4BrF3O.Mg.2H/c8-5-3-1-2-4-6(5)12-7(9,10)11;;;/h1-4H;;;. The van der Waals surface area contributed by atoms with E-state index in [0.29, 0.717) is 0 Å². The first-order valence-electron chi connectivity index (χ1n) is 2.99. The Bertz CT molecular complexity index is 277. The summed E-state index contributed by atoms with van der Waals surface area (Å²) in [5.74, 6) is -0.231. The van der Waals surface area contributed by atoms with Crippen LogP contribution in [-0.2, 0) is 0 Å². The first-order chi connectivity index (χ1) is 5.49. The van der Waals surface area contributed by atoms with Crippen molar-refractivity contribution in [1.29, 1.82) is 0 Å². The molecule has 0 unspecified atom stereocenters. The normalized spacial score (nSPS) is 10.5. The van der Waals surface area contributed by atoms with E-state index in [4.69, 9.17) is 0 Å². The van der Waals surface area contributed by atoms with Crippen molar-refractivity contribution in [1.82, 2.24) is 0 Å². The lowest BCUT2D eigenvalue weighted by atomic mass is 10.3. The van der Waals surface area contributed by atoms with Crippen molar-refractivity contribution in [2.45, 2.75) is 6.36 Å². The molecule has 6 heteroatoms. The number of hydrogen-bond donors (Lipinski definition) is 0. The molecule has 0 aromatic heterocycles. The molecule has 0 saturated carbocycles. The highest BCUT2D eigenvalue weighted by atomic mass is 79.9. The highest BCUT2D eigenvalue weighted by molar-refractivity contribution is 9.10. The Morgan fingerprint density at radius 1 is 1.15 bits per heavy atom. The van der Waals surface area contributed by atoms with E-state index < -0.39 is 6.36 Å². The maximum Gasteiger partial charge on any atom is 0.573 e. The van der Waals surface area contributed by atoms with Gasteiger partial charge in [0.25, 0.3) is 0 Å². The molecule has 0 aliphatic carbocycles. The Kier molecular flexibility index (Phi) is 5.09. The van der Waals surface area contributed by atoms with E-state index in [9.17, 15) is 13.2 Å². The van der Waals surface area contributed by atoms with Crippen molar-refractivity contribution in [2.24, 2.45) is 0 Å². The fraction of sp³-hybridized carbons (Fsp3) is 0.143. The molecule has 0 saturated heterocycles. The highest BCUT2D eigenvalue weighted by Gasteiger charge is 2.31. The van der Waals surface area contributed by atoms with Crippen molar-refractivity contribution < 1.29 is 17.9 Å². The van der Waals surface area contributed by atoms with Crippen LogP contribution in [0, 0.1) is 0 Å². The number of halogens is 4. The van der Waals surface area contributed by atoms with E-state index in [2.05, 4.69) is 20.7 Å². The second-order valence-corrected chi connectivity index (χ2v) is 2.83. The van der Waals surface area contributed by atoms with E-state index in [1.807, 2.05) is 0 Å². The minimum atomic E-state index is -4.64. The Morgan fingerprint density at radius 3 is 2.15 bits per heavy atom. The van der Waals surface area contributed by atoms with Crippen molar-refractivity contribution in [3.05, 3.63) is 28.7 Å². The molecule has 1 nitrogen and oxygen atoms in total. The molecule has 0 bridgehead atoms. The van der Waals surface area contributed by atoms with Gasteiger partial charge in [-0.2, -0.15) is 0 Å². The molecule has 0 atom stereocenters. The Balaban J connectivity index is 0.00000144. The summed E-state index contributed by atoms with van der Waals surface area (Å²) in [6.07, 6.45) is -4.64. The minimum absolute atomic E-state index is 0. The van der Waals surface area contributed by atoms with Gasteiger partial charge >= 0.3 is 29.4 Å². The fourth-order valence-corrected chi connectivity index (χ4v) is 1.02. The molecule has 13 heavy (non-hydrogen) atoms. The third-order valence-corrected chi connectivity index (χ3v) is 1.72. The monoisotopic (exact) mass is 266 g/mol. The summed E-state index contributed by atoms with van der Waals surface area (Å²) in [5, 5.41) is 0. The number of ether oxygens (including phenoxy) is 1. The molecule has 0 aliphatic heterocycles. The van der Waals surface area contributed by atoms with Gasteiger partial charge in [-0.15, -0.1) is 13.2 Å². The first kappa shape index (κ1) is 13.1. The van der Waals surface area contributed by atoms with E-state index in [0.717, 1.165) is 0 Å². The lowest BCUT2D eigenvalue weighted by molar-refractivity contribution is -0.274. The second-order valence-electron chi connectivity index (χ2n) is 1.98. The molecule has 0 N–H and O–H groups in total. The van der Waals surface area contributed by atoms with Crippen LogP contribution in [0.15, 0.2) is 28.7 Å². The van der Waals surface area contributed by atoms with Crippen LogP contribution in [0.2, 0.25) is 0 Å². The van der Waals surface area contributed by atoms with E-state index in [1.54, 1.807) is 6.07 Å². The lowest BCUT2D eigenvalue weighted by Crippen LogP contribution is -2.17. The number of rotatable bonds is 1. The van der Waals surface area contributed by atoms with E-state index >= 15 is 0 Å². The third kappa shape index (κ3) is 4.73. The third-order valence-electron chi connectivity index (χ3n) is 1.06. The van der Waals surface area contributed by atoms with Crippen molar-refractivity contribution >= 4 is 39.0 Å². The zero-order chi connectivity index (χ0) is 9.19. The second kappa shape index (κ2) is 5.07. The zero-order valence-electron chi connectivity index (χ0n) is 5.73. The summed E-state index contributed by atoms with van der Waals surface area (Å²) in [5.41, 5.74) is 0. The van der Waals surface area contributed by atoms with Gasteiger partial charge in [-0.3, -0.25) is 0 Å². The predicted octanol–water partition coefficient (Wildman–Crippen LogP) is 2.43. The van der Waals surface area contributed by atoms with Crippen LogP contribution in [-0.4, -0.2) is 29.4 Å². The molecular formula is C7H6BrF3MgO. The molecule has 0 fully saturated rings. The molecule has 70 valence electrons. The Morgan fingerprint density at radius 2 is 1.69 bits per heavy atom. The number of para-hydroxylation sites is 1. The molecule has 0 aliphatic rings. The van der Waals surface area contributed by atoms with Crippen LogP contribution < -0.4 is 4.74 Å². The molecule has 1 aromatic carbocycles. The quantitative estimate of drug-likeness (QED) is 0.710. The van der Waals surface area contributed by atoms with Gasteiger partial charge in [0.05, 0.1) is 4.47 Å². The maximum atomic E-state index is 11.7. The van der Waals surface area contributed by atoms with Crippen molar-refractivity contribution in [2.75, 3.05) is 0 Å². The lowest BCUT2D eigenvalue weighted by Gasteiger charge is -2.09. The van der Waals surface area contributed by atoms with Crippen LogP contribution in [0.25, 0.3) is 0 Å². The average Bonchev–Trinajstić information content (AvgIpc) is 1.91. The van der Waals surface area contributed by atoms with Crippen molar-refractivity contribution in [3.8, 4) is 5.75 Å². The smallest absolute Gasteiger partial charge is 0.405 e. The Labute approximate surface area is 97.5 Å². The summed E-state index contributed by atoms with van der Waals surface area (Å²) in [4.78, 5) is 0. The zero-order valence-corrected chi connectivity index (χ0v) is 7.32. The van der Waals surface area contributed by atoms with E-state index in [1.165, 1.54) is 18.2 Å². The maximum absolute atomic E-state index is 11.7. The highest BCUT2D eigenvalue weighted by Crippen LogP contribution is 2.29. The fourth-order valence-electron chi connectivity index (χ4n) is 0.652. The van der Waals surface area contributed by atoms with Gasteiger partial charge < -0.3 is 4.74 Å². The largest absolute Gasteiger partial charge is 0.573 e. The summed E-state index contributed by atoms with van der Waals surface area (Å²) in [6.45, 7) is 0. The van der Waals surface area contributed by atoms with Gasteiger partial charge in [0.2, 0.25) is 0 Å². The molecule has 0 radical (unpaired) electrons. The van der Waals surface area contributed by atoms with Gasteiger partial charge in [-0.05, 0) is 28.1 Å². The van der Waals surface area contributed by atoms with Crippen LogP contribution in [0.4, 0.5) is 13.2 Å². The SMILES string of the molecule is FC(F)(F)Oc1ccccc1Br.[MgH2]. The molecule has 0 spiro atoms. The van der Waals surface area contributed by atoms with E-state index in [-0.39, 0.29) is 33.3 Å². The van der Waals surface area contributed by atoms with Gasteiger partial charge in [-0.1, -0.05) is 12.1 Å². The minimum Gasteiger partial charge on any atom is -0.405 e. The summed E-state index contributed by atoms with van der Waals surface area (Å²) in [6, 6.07) is 5.78. The summed E-state index contributed by atoms with van der Waals surface area (Å²) in [7, 11) is 0. The number of hydrogen-bond acceptors (Lipinski definition) is 1. The molecule has 0 amide bonds. The topological polar surface area (TPSA) is 9.23 Å². The average molecular weight is 267 g/mol. The van der Waals surface area contributed by atoms with Crippen LogP contribution in [0.1, 0.15) is 0 Å². The van der Waals surface area contributed by atoms with Gasteiger partial charge in [0, 0.05) is 0 Å². The van der Waals surface area contributed by atoms with Gasteiger partial charge in [-0.25, -0.2) is 0 Å². The summed E-state index contributed by atoms with van der Waals surface area (Å²) >= 11 is 2.92. The molecule has 1 rings (SSSR count). The van der Waals surface area contributed by atoms with Crippen LogP contribution in [0.5, 0.6) is 5.75 Å². The van der Waals surface area contributed by atoms with Crippen molar-refractivity contribution in [3.63, 3.8) is 0 Å². The van der Waals surface area contributed by atoms with Crippen LogP contribution >= 0.6 is 15.9 Å². The predicted molar refractivity (Wildman–Crippen MR) is 49.4 cm³/mol. The molecule has 0 heterocycles. The molecule has 1 aromatic rings. The van der Waals surface area contributed by atoms with Crippen LogP contribution in [0.3, 0.4) is 0 Å². The summed E-state index contributed by atoms with van der Waals surface area (Å²) < 4.78 is 39.0. The van der Waals surface area contributed by atoms with Gasteiger partial charge in [0.15, 0.2) is 0 Å². The van der Waals surface area contributed by atoms with Gasteiger partial charge in [0.1, 0.15) is 5.75 Å². The number of alkyl halides is 3. The number of benzene rings is 1. The Hall–Kier alpha value is 0.0562. The molecular weight excluding hydrogens is 261 g/mol. The first-order valence-corrected chi connectivity index (χ1v) is 3.78.